The molecule has 0 spiro atoms. The summed E-state index contributed by atoms with van der Waals surface area (Å²) in [7, 11) is 1.70. The summed E-state index contributed by atoms with van der Waals surface area (Å²) in [5.41, 5.74) is 0.453. The number of pyridine rings is 1. The van der Waals surface area contributed by atoms with Gasteiger partial charge in [-0.05, 0) is 25.5 Å². The third kappa shape index (κ3) is 3.30. The molecule has 1 aromatic rings. The largest absolute Gasteiger partial charge is 0.381 e. The topological polar surface area (TPSA) is 63.2 Å². The van der Waals surface area contributed by atoms with E-state index in [1.807, 2.05) is 6.92 Å². The molecule has 21 heavy (non-hydrogen) atoms. The lowest BCUT2D eigenvalue weighted by Gasteiger charge is -2.51. The SMILES string of the molecule is CCNc1cc(C(=O)NC2CC(OC)C2(C)C)cc(Cl)n1. The van der Waals surface area contributed by atoms with Gasteiger partial charge in [0.1, 0.15) is 11.0 Å². The number of aromatic nitrogens is 1. The van der Waals surface area contributed by atoms with Gasteiger partial charge < -0.3 is 15.4 Å². The number of halogens is 1. The van der Waals surface area contributed by atoms with Gasteiger partial charge in [-0.3, -0.25) is 4.79 Å². The van der Waals surface area contributed by atoms with Crippen LogP contribution in [0.5, 0.6) is 0 Å². The zero-order valence-corrected chi connectivity index (χ0v) is 13.6. The second kappa shape index (κ2) is 6.20. The fourth-order valence-electron chi connectivity index (χ4n) is 2.67. The molecule has 0 bridgehead atoms. The number of carbonyl (C=O) groups excluding carboxylic acids is 1. The first-order valence-electron chi connectivity index (χ1n) is 7.13. The third-order valence-corrected chi connectivity index (χ3v) is 4.38. The summed E-state index contributed by atoms with van der Waals surface area (Å²) in [6, 6.07) is 3.39. The second-order valence-electron chi connectivity index (χ2n) is 5.90. The fourth-order valence-corrected chi connectivity index (χ4v) is 2.88. The Morgan fingerprint density at radius 3 is 2.81 bits per heavy atom. The smallest absolute Gasteiger partial charge is 0.251 e. The lowest BCUT2D eigenvalue weighted by atomic mass is 9.64. The van der Waals surface area contributed by atoms with Gasteiger partial charge in [0.25, 0.3) is 5.91 Å². The summed E-state index contributed by atoms with van der Waals surface area (Å²) in [6.07, 6.45) is 1.01. The molecular weight excluding hydrogens is 290 g/mol. The molecule has 0 saturated heterocycles. The van der Waals surface area contributed by atoms with E-state index in [2.05, 4.69) is 29.5 Å². The monoisotopic (exact) mass is 311 g/mol. The van der Waals surface area contributed by atoms with Crippen LogP contribution in [0.25, 0.3) is 0 Å². The van der Waals surface area contributed by atoms with Crippen LogP contribution in [0.3, 0.4) is 0 Å². The molecule has 2 rings (SSSR count). The number of methoxy groups -OCH3 is 1. The van der Waals surface area contributed by atoms with Crippen LogP contribution in [0.1, 0.15) is 37.6 Å². The van der Waals surface area contributed by atoms with E-state index in [1.165, 1.54) is 0 Å². The number of nitrogens with zero attached hydrogens (tertiary/aromatic N) is 1. The van der Waals surface area contributed by atoms with Crippen LogP contribution in [-0.2, 0) is 4.74 Å². The van der Waals surface area contributed by atoms with Crippen LogP contribution in [0.15, 0.2) is 12.1 Å². The molecule has 2 N–H and O–H groups in total. The van der Waals surface area contributed by atoms with E-state index in [4.69, 9.17) is 16.3 Å². The van der Waals surface area contributed by atoms with Crippen LogP contribution < -0.4 is 10.6 Å². The van der Waals surface area contributed by atoms with Crippen molar-refractivity contribution in [3.8, 4) is 0 Å². The van der Waals surface area contributed by atoms with E-state index < -0.39 is 0 Å². The van der Waals surface area contributed by atoms with Crippen LogP contribution in [0, 0.1) is 5.41 Å². The third-order valence-electron chi connectivity index (χ3n) is 4.18. The van der Waals surface area contributed by atoms with Crippen molar-refractivity contribution in [1.29, 1.82) is 0 Å². The summed E-state index contributed by atoms with van der Waals surface area (Å²) < 4.78 is 5.40. The molecule has 1 fully saturated rings. The van der Waals surface area contributed by atoms with E-state index in [-0.39, 0.29) is 23.5 Å². The number of anilines is 1. The van der Waals surface area contributed by atoms with Gasteiger partial charge in [0, 0.05) is 30.7 Å². The van der Waals surface area contributed by atoms with Crippen LogP contribution in [0.2, 0.25) is 5.15 Å². The van der Waals surface area contributed by atoms with Gasteiger partial charge in [-0.1, -0.05) is 25.4 Å². The van der Waals surface area contributed by atoms with E-state index in [1.54, 1.807) is 19.2 Å². The van der Waals surface area contributed by atoms with E-state index in [0.717, 1.165) is 13.0 Å². The van der Waals surface area contributed by atoms with Crippen molar-refractivity contribution in [3.05, 3.63) is 22.8 Å². The maximum absolute atomic E-state index is 12.4. The van der Waals surface area contributed by atoms with Crippen LogP contribution >= 0.6 is 11.6 Å². The molecule has 5 nitrogen and oxygen atoms in total. The Morgan fingerprint density at radius 1 is 1.52 bits per heavy atom. The number of ether oxygens (including phenoxy) is 1. The van der Waals surface area contributed by atoms with Crippen molar-refractivity contribution < 1.29 is 9.53 Å². The lowest BCUT2D eigenvalue weighted by molar-refractivity contribution is -0.0942. The van der Waals surface area contributed by atoms with Gasteiger partial charge in [0.05, 0.1) is 6.10 Å². The molecule has 0 aromatic carbocycles. The van der Waals surface area contributed by atoms with E-state index in [0.29, 0.717) is 16.5 Å². The molecule has 2 unspecified atom stereocenters. The Balaban J connectivity index is 2.08. The first-order valence-corrected chi connectivity index (χ1v) is 7.51. The quantitative estimate of drug-likeness (QED) is 0.821. The number of amides is 1. The minimum absolute atomic E-state index is 0.0638. The van der Waals surface area contributed by atoms with Gasteiger partial charge in [-0.2, -0.15) is 0 Å². The molecule has 116 valence electrons. The number of nitrogens with one attached hydrogen (secondary N) is 2. The van der Waals surface area contributed by atoms with Crippen LogP contribution in [-0.4, -0.2) is 36.7 Å². The first-order chi connectivity index (χ1) is 9.88. The standard InChI is InChI=1S/C15H22ClN3O2/c1-5-17-13-7-9(6-12(16)19-13)14(20)18-10-8-11(21-4)15(10,2)3/h6-7,10-11H,5,8H2,1-4H3,(H,17,19)(H,18,20). The maximum Gasteiger partial charge on any atom is 0.251 e. The molecular formula is C15H22ClN3O2. The predicted molar refractivity (Wildman–Crippen MR) is 83.9 cm³/mol. The van der Waals surface area contributed by atoms with Crippen molar-refractivity contribution in [2.24, 2.45) is 5.41 Å². The number of carbonyl (C=O) groups is 1. The zero-order chi connectivity index (χ0) is 15.6. The Hall–Kier alpha value is -1.33. The molecule has 1 saturated carbocycles. The van der Waals surface area contributed by atoms with Gasteiger partial charge in [0.15, 0.2) is 0 Å². The second-order valence-corrected chi connectivity index (χ2v) is 6.29. The number of hydrogen-bond acceptors (Lipinski definition) is 4. The van der Waals surface area contributed by atoms with Crippen LogP contribution in [0.4, 0.5) is 5.82 Å². The highest BCUT2D eigenvalue weighted by Crippen LogP contribution is 2.42. The van der Waals surface area contributed by atoms with Gasteiger partial charge in [-0.25, -0.2) is 4.98 Å². The van der Waals surface area contributed by atoms with Crippen molar-refractivity contribution in [2.75, 3.05) is 19.0 Å². The normalized spacial score (nSPS) is 23.3. The summed E-state index contributed by atoms with van der Waals surface area (Å²) in [4.78, 5) is 16.5. The van der Waals surface area contributed by atoms with Gasteiger partial charge in [0.2, 0.25) is 0 Å². The number of hydrogen-bond donors (Lipinski definition) is 2. The predicted octanol–water partition coefficient (Wildman–Crippen LogP) is 2.71. The summed E-state index contributed by atoms with van der Waals surface area (Å²) in [6.45, 7) is 6.88. The number of rotatable bonds is 5. The average molecular weight is 312 g/mol. The maximum atomic E-state index is 12.4. The fraction of sp³-hybridized carbons (Fsp3) is 0.600. The van der Waals surface area contributed by atoms with Gasteiger partial charge >= 0.3 is 0 Å². The molecule has 1 heterocycles. The molecule has 1 aromatic heterocycles. The highest BCUT2D eigenvalue weighted by Gasteiger charge is 2.49. The molecule has 1 aliphatic rings. The van der Waals surface area contributed by atoms with Gasteiger partial charge in [-0.15, -0.1) is 0 Å². The van der Waals surface area contributed by atoms with E-state index in [9.17, 15) is 4.79 Å². The molecule has 1 amide bonds. The minimum atomic E-state index is -0.133. The molecule has 2 atom stereocenters. The Bertz CT molecular complexity index is 534. The Morgan fingerprint density at radius 2 is 2.24 bits per heavy atom. The molecule has 0 radical (unpaired) electrons. The van der Waals surface area contributed by atoms with Crippen molar-refractivity contribution in [1.82, 2.24) is 10.3 Å². The van der Waals surface area contributed by atoms with Crippen molar-refractivity contribution >= 4 is 23.3 Å². The Kier molecular flexibility index (Phi) is 4.74. The first kappa shape index (κ1) is 16.0. The Labute approximate surface area is 130 Å². The van der Waals surface area contributed by atoms with Crippen molar-refractivity contribution in [3.63, 3.8) is 0 Å². The summed E-state index contributed by atoms with van der Waals surface area (Å²) >= 11 is 5.96. The minimum Gasteiger partial charge on any atom is -0.381 e. The van der Waals surface area contributed by atoms with Crippen molar-refractivity contribution in [2.45, 2.75) is 39.3 Å². The molecule has 6 heteroatoms. The highest BCUT2D eigenvalue weighted by molar-refractivity contribution is 6.29. The molecule has 1 aliphatic carbocycles. The highest BCUT2D eigenvalue weighted by atomic mass is 35.5. The molecule has 0 aliphatic heterocycles. The summed E-state index contributed by atoms with van der Waals surface area (Å²) in [5, 5.41) is 6.42. The average Bonchev–Trinajstić information content (AvgIpc) is 2.42. The lowest BCUT2D eigenvalue weighted by Crippen LogP contribution is -2.61. The summed E-state index contributed by atoms with van der Waals surface area (Å²) in [5.74, 6) is 0.476. The van der Waals surface area contributed by atoms with E-state index >= 15 is 0 Å². The zero-order valence-electron chi connectivity index (χ0n) is 12.9.